The number of nitriles is 1. The van der Waals surface area contributed by atoms with E-state index in [1.807, 2.05) is 0 Å². The molecule has 0 aliphatic carbocycles. The standard InChI is InChI=1S/C24H20FN5O4/c25-15-5-3-14(4-6-15)17-10-30(24-21(33)20(32)18(11-31)34-24)23-19(17)22(27-12-28-23)29-16-7-1-13(9-26)2-8-16/h1-8,10,12,18,20-21,24,31-33H,11H2,(H,27,28,29)/t18-,20+,21+,24-/m1/s1. The molecule has 172 valence electrons. The van der Waals surface area contributed by atoms with Crippen LogP contribution in [0.5, 0.6) is 0 Å². The average molecular weight is 461 g/mol. The number of ether oxygens (including phenoxy) is 1. The van der Waals surface area contributed by atoms with Crippen LogP contribution >= 0.6 is 0 Å². The summed E-state index contributed by atoms with van der Waals surface area (Å²) in [4.78, 5) is 8.78. The third-order valence-corrected chi connectivity index (χ3v) is 5.83. The lowest BCUT2D eigenvalue weighted by Crippen LogP contribution is -2.33. The highest BCUT2D eigenvalue weighted by molar-refractivity contribution is 6.02. The minimum absolute atomic E-state index is 0.386. The second-order valence-corrected chi connectivity index (χ2v) is 7.92. The van der Waals surface area contributed by atoms with E-state index in [9.17, 15) is 19.7 Å². The van der Waals surface area contributed by atoms with Crippen molar-refractivity contribution in [3.63, 3.8) is 0 Å². The van der Waals surface area contributed by atoms with Gasteiger partial charge in [-0.25, -0.2) is 14.4 Å². The molecule has 1 aliphatic rings. The molecule has 1 fully saturated rings. The Morgan fingerprint density at radius 2 is 1.79 bits per heavy atom. The Kier molecular flexibility index (Phi) is 5.69. The average Bonchev–Trinajstić information content (AvgIpc) is 3.38. The zero-order chi connectivity index (χ0) is 23.8. The highest BCUT2D eigenvalue weighted by Gasteiger charge is 2.44. The molecule has 9 nitrogen and oxygen atoms in total. The monoisotopic (exact) mass is 461 g/mol. The van der Waals surface area contributed by atoms with Gasteiger partial charge in [-0.3, -0.25) is 0 Å². The molecule has 10 heteroatoms. The fraction of sp³-hybridized carbons (Fsp3) is 0.208. The molecule has 2 aromatic heterocycles. The molecule has 1 saturated heterocycles. The Labute approximate surface area is 193 Å². The van der Waals surface area contributed by atoms with Gasteiger partial charge in [0.25, 0.3) is 0 Å². The molecule has 4 aromatic rings. The number of nitrogens with one attached hydrogen (secondary N) is 1. The highest BCUT2D eigenvalue weighted by atomic mass is 19.1. The Bertz CT molecular complexity index is 1370. The van der Waals surface area contributed by atoms with Crippen molar-refractivity contribution in [1.29, 1.82) is 5.26 Å². The smallest absolute Gasteiger partial charge is 0.164 e. The number of benzene rings is 2. The van der Waals surface area contributed by atoms with Gasteiger partial charge in [0, 0.05) is 17.4 Å². The Hall–Kier alpha value is -3.88. The molecule has 0 saturated carbocycles. The maximum absolute atomic E-state index is 13.6. The summed E-state index contributed by atoms with van der Waals surface area (Å²) < 4.78 is 20.9. The summed E-state index contributed by atoms with van der Waals surface area (Å²) in [5, 5.41) is 43.2. The third kappa shape index (κ3) is 3.76. The molecular formula is C24H20FN5O4. The van der Waals surface area contributed by atoms with Crippen molar-refractivity contribution in [2.45, 2.75) is 24.5 Å². The van der Waals surface area contributed by atoms with E-state index < -0.39 is 31.1 Å². The number of hydrogen-bond acceptors (Lipinski definition) is 8. The fourth-order valence-electron chi connectivity index (χ4n) is 4.10. The number of hydrogen-bond donors (Lipinski definition) is 4. The fourth-order valence-corrected chi connectivity index (χ4v) is 4.10. The predicted molar refractivity (Wildman–Crippen MR) is 120 cm³/mol. The van der Waals surface area contributed by atoms with Crippen molar-refractivity contribution in [3.8, 4) is 17.2 Å². The molecule has 1 aliphatic heterocycles. The topological polar surface area (TPSA) is 136 Å². The van der Waals surface area contributed by atoms with Crippen LogP contribution in [0.1, 0.15) is 11.8 Å². The van der Waals surface area contributed by atoms with Gasteiger partial charge >= 0.3 is 0 Å². The molecule has 4 atom stereocenters. The lowest BCUT2D eigenvalue weighted by atomic mass is 10.1. The zero-order valence-electron chi connectivity index (χ0n) is 17.7. The van der Waals surface area contributed by atoms with Crippen molar-refractivity contribution >= 4 is 22.5 Å². The van der Waals surface area contributed by atoms with E-state index in [0.29, 0.717) is 39.2 Å². The van der Waals surface area contributed by atoms with Gasteiger partial charge in [0.15, 0.2) is 6.23 Å². The lowest BCUT2D eigenvalue weighted by Gasteiger charge is -2.17. The molecule has 0 radical (unpaired) electrons. The number of aliphatic hydroxyl groups is 3. The first-order valence-electron chi connectivity index (χ1n) is 10.5. The lowest BCUT2D eigenvalue weighted by molar-refractivity contribution is -0.0508. The van der Waals surface area contributed by atoms with Gasteiger partial charge in [-0.15, -0.1) is 0 Å². The summed E-state index contributed by atoms with van der Waals surface area (Å²) in [5.41, 5.74) is 2.92. The summed E-state index contributed by atoms with van der Waals surface area (Å²) in [6.07, 6.45) is -1.51. The van der Waals surface area contributed by atoms with Crippen molar-refractivity contribution < 1.29 is 24.4 Å². The van der Waals surface area contributed by atoms with Crippen LogP contribution in [-0.4, -0.2) is 54.8 Å². The maximum Gasteiger partial charge on any atom is 0.164 e. The van der Waals surface area contributed by atoms with Crippen LogP contribution in [0.3, 0.4) is 0 Å². The number of halogens is 1. The number of aliphatic hydroxyl groups excluding tert-OH is 3. The van der Waals surface area contributed by atoms with E-state index in [4.69, 9.17) is 10.00 Å². The number of aromatic nitrogens is 3. The van der Waals surface area contributed by atoms with Crippen LogP contribution in [0, 0.1) is 17.1 Å². The van der Waals surface area contributed by atoms with Crippen LogP contribution in [-0.2, 0) is 4.74 Å². The first kappa shape index (κ1) is 21.9. The van der Waals surface area contributed by atoms with Gasteiger partial charge in [-0.2, -0.15) is 5.26 Å². The van der Waals surface area contributed by atoms with E-state index in [2.05, 4.69) is 21.4 Å². The first-order valence-corrected chi connectivity index (χ1v) is 10.5. The van der Waals surface area contributed by atoms with Gasteiger partial charge in [-0.05, 0) is 42.0 Å². The largest absolute Gasteiger partial charge is 0.394 e. The van der Waals surface area contributed by atoms with E-state index >= 15 is 0 Å². The van der Waals surface area contributed by atoms with Crippen LogP contribution in [0.25, 0.3) is 22.2 Å². The van der Waals surface area contributed by atoms with E-state index in [1.165, 1.54) is 18.5 Å². The van der Waals surface area contributed by atoms with Crippen LogP contribution < -0.4 is 5.32 Å². The normalized spacial score (nSPS) is 22.1. The van der Waals surface area contributed by atoms with Gasteiger partial charge in [0.05, 0.1) is 23.6 Å². The number of rotatable bonds is 5. The summed E-state index contributed by atoms with van der Waals surface area (Å²) >= 11 is 0. The molecule has 5 rings (SSSR count). The van der Waals surface area contributed by atoms with Crippen LogP contribution in [0.4, 0.5) is 15.9 Å². The highest BCUT2D eigenvalue weighted by Crippen LogP contribution is 2.39. The second kappa shape index (κ2) is 8.81. The van der Waals surface area contributed by atoms with Crippen LogP contribution in [0.15, 0.2) is 61.1 Å². The molecule has 4 N–H and O–H groups in total. The Morgan fingerprint density at radius 1 is 1.06 bits per heavy atom. The van der Waals surface area contributed by atoms with Crippen LogP contribution in [0.2, 0.25) is 0 Å². The maximum atomic E-state index is 13.6. The van der Waals surface area contributed by atoms with Gasteiger partial charge < -0.3 is 29.9 Å². The van der Waals surface area contributed by atoms with Crippen molar-refractivity contribution in [3.05, 3.63) is 72.4 Å². The number of anilines is 2. The Morgan fingerprint density at radius 3 is 2.44 bits per heavy atom. The van der Waals surface area contributed by atoms with Gasteiger partial charge in [0.2, 0.25) is 0 Å². The molecule has 0 unspecified atom stereocenters. The quantitative estimate of drug-likeness (QED) is 0.356. The van der Waals surface area contributed by atoms with Crippen molar-refractivity contribution in [2.24, 2.45) is 0 Å². The number of fused-ring (bicyclic) bond motifs is 1. The molecule has 34 heavy (non-hydrogen) atoms. The van der Waals surface area contributed by atoms with E-state index in [1.54, 1.807) is 47.2 Å². The zero-order valence-corrected chi connectivity index (χ0v) is 17.7. The summed E-state index contributed by atoms with van der Waals surface area (Å²) in [5.74, 6) is 0.0580. The molecule has 0 amide bonds. The molecule has 3 heterocycles. The molecule has 2 aromatic carbocycles. The molecule has 0 bridgehead atoms. The van der Waals surface area contributed by atoms with E-state index in [-0.39, 0.29) is 5.82 Å². The number of nitrogens with zero attached hydrogens (tertiary/aromatic N) is 4. The second-order valence-electron chi connectivity index (χ2n) is 7.92. The summed E-state index contributed by atoms with van der Waals surface area (Å²) in [6, 6.07) is 14.8. The van der Waals surface area contributed by atoms with Crippen molar-refractivity contribution in [2.75, 3.05) is 11.9 Å². The molecular weight excluding hydrogens is 441 g/mol. The minimum Gasteiger partial charge on any atom is -0.394 e. The van der Waals surface area contributed by atoms with Crippen molar-refractivity contribution in [1.82, 2.24) is 14.5 Å². The third-order valence-electron chi connectivity index (χ3n) is 5.83. The predicted octanol–water partition coefficient (Wildman–Crippen LogP) is 2.46. The first-order chi connectivity index (χ1) is 16.5. The Balaban J connectivity index is 1.66. The van der Waals surface area contributed by atoms with Gasteiger partial charge in [-0.1, -0.05) is 12.1 Å². The van der Waals surface area contributed by atoms with Gasteiger partial charge in [0.1, 0.15) is 41.9 Å². The molecule has 0 spiro atoms. The van der Waals surface area contributed by atoms with E-state index in [0.717, 1.165) is 0 Å². The summed E-state index contributed by atoms with van der Waals surface area (Å²) in [6.45, 7) is -0.459. The summed E-state index contributed by atoms with van der Waals surface area (Å²) in [7, 11) is 0. The SMILES string of the molecule is N#Cc1ccc(Nc2ncnc3c2c(-c2ccc(F)cc2)cn3[C@@H]2O[C@H](CO)[C@H](O)[C@@H]2O)cc1. The minimum atomic E-state index is -1.31.